The smallest absolute Gasteiger partial charge is 0.308 e. The lowest BCUT2D eigenvalue weighted by atomic mass is 10.2. The van der Waals surface area contributed by atoms with E-state index in [1.165, 1.54) is 18.7 Å². The number of H-pyrrole nitrogens is 1. The topological polar surface area (TPSA) is 100.0 Å². The van der Waals surface area contributed by atoms with E-state index in [1.54, 1.807) is 50.8 Å². The predicted molar refractivity (Wildman–Crippen MR) is 113 cm³/mol. The number of carbonyl (C=O) groups excluding carboxylic acids is 1. The monoisotopic (exact) mass is 428 g/mol. The van der Waals surface area contributed by atoms with E-state index in [0.717, 1.165) is 5.56 Å². The van der Waals surface area contributed by atoms with Crippen molar-refractivity contribution in [2.75, 3.05) is 21.3 Å². The second-order valence-electron chi connectivity index (χ2n) is 5.98. The number of aromatic amines is 1. The standard InChI is InChI=1S/C20H20N4O5S/c1-12(25)29-16-7-5-13(9-17(16)27-3)11-21-24-19(22-23-20(24)30)14-6-8-15(26-2)18(10-14)28-4/h5-11H,1-4H3,(H,23,30)/b21-11+. The van der Waals surface area contributed by atoms with Crippen molar-refractivity contribution in [2.24, 2.45) is 5.10 Å². The minimum atomic E-state index is -0.431. The maximum Gasteiger partial charge on any atom is 0.308 e. The summed E-state index contributed by atoms with van der Waals surface area (Å²) in [7, 11) is 4.62. The third kappa shape index (κ3) is 4.49. The average Bonchev–Trinajstić information content (AvgIpc) is 3.12. The Balaban J connectivity index is 1.95. The van der Waals surface area contributed by atoms with Gasteiger partial charge in [-0.2, -0.15) is 14.9 Å². The van der Waals surface area contributed by atoms with Crippen LogP contribution in [0.5, 0.6) is 23.0 Å². The molecule has 3 rings (SSSR count). The lowest BCUT2D eigenvalue weighted by molar-refractivity contribution is -0.132. The van der Waals surface area contributed by atoms with E-state index >= 15 is 0 Å². The SMILES string of the molecule is COc1ccc(-c2n[nH]c(=S)n2/N=C/c2ccc(OC(C)=O)c(OC)c2)cc1OC. The Morgan fingerprint density at radius 2 is 1.70 bits per heavy atom. The van der Waals surface area contributed by atoms with Gasteiger partial charge in [-0.1, -0.05) is 0 Å². The van der Waals surface area contributed by atoms with Gasteiger partial charge in [-0.15, -0.1) is 0 Å². The Morgan fingerprint density at radius 1 is 1.03 bits per heavy atom. The molecule has 0 unspecified atom stereocenters. The molecule has 0 atom stereocenters. The van der Waals surface area contributed by atoms with Crippen molar-refractivity contribution < 1.29 is 23.7 Å². The lowest BCUT2D eigenvalue weighted by Gasteiger charge is -2.09. The Kier molecular flexibility index (Phi) is 6.48. The normalized spacial score (nSPS) is 10.8. The molecule has 2 aromatic carbocycles. The highest BCUT2D eigenvalue weighted by Crippen LogP contribution is 2.32. The lowest BCUT2D eigenvalue weighted by Crippen LogP contribution is -2.03. The van der Waals surface area contributed by atoms with E-state index < -0.39 is 5.97 Å². The molecule has 0 saturated heterocycles. The van der Waals surface area contributed by atoms with Crippen molar-refractivity contribution >= 4 is 24.4 Å². The van der Waals surface area contributed by atoms with Crippen molar-refractivity contribution in [3.63, 3.8) is 0 Å². The quantitative estimate of drug-likeness (QED) is 0.266. The summed E-state index contributed by atoms with van der Waals surface area (Å²) in [6.45, 7) is 1.32. The van der Waals surface area contributed by atoms with Crippen LogP contribution in [0.2, 0.25) is 0 Å². The molecule has 0 spiro atoms. The van der Waals surface area contributed by atoms with Crippen molar-refractivity contribution in [1.82, 2.24) is 14.9 Å². The molecular formula is C20H20N4O5S. The zero-order valence-corrected chi connectivity index (χ0v) is 17.6. The summed E-state index contributed by atoms with van der Waals surface area (Å²) in [4.78, 5) is 11.2. The van der Waals surface area contributed by atoms with Gasteiger partial charge in [-0.25, -0.2) is 5.10 Å². The Hall–Kier alpha value is -3.66. The van der Waals surface area contributed by atoms with Gasteiger partial charge in [0.1, 0.15) is 0 Å². The number of benzene rings is 2. The molecule has 0 aliphatic carbocycles. The number of hydrogen-bond donors (Lipinski definition) is 1. The van der Waals surface area contributed by atoms with Gasteiger partial charge in [0.2, 0.25) is 4.77 Å². The van der Waals surface area contributed by atoms with Crippen molar-refractivity contribution in [2.45, 2.75) is 6.92 Å². The Bertz CT molecular complexity index is 1150. The predicted octanol–water partition coefficient (Wildman–Crippen LogP) is 3.44. The summed E-state index contributed by atoms with van der Waals surface area (Å²) >= 11 is 5.31. The zero-order valence-electron chi connectivity index (χ0n) is 16.8. The van der Waals surface area contributed by atoms with Crippen LogP contribution in [0.4, 0.5) is 0 Å². The van der Waals surface area contributed by atoms with Gasteiger partial charge in [0.25, 0.3) is 0 Å². The van der Waals surface area contributed by atoms with E-state index in [-0.39, 0.29) is 0 Å². The summed E-state index contributed by atoms with van der Waals surface area (Å²) in [5, 5.41) is 11.4. The number of aromatic nitrogens is 3. The highest BCUT2D eigenvalue weighted by Gasteiger charge is 2.12. The first-order chi connectivity index (χ1) is 14.5. The maximum absolute atomic E-state index is 11.2. The number of hydrogen-bond acceptors (Lipinski definition) is 8. The molecule has 0 radical (unpaired) electrons. The number of carbonyl (C=O) groups is 1. The molecule has 30 heavy (non-hydrogen) atoms. The van der Waals surface area contributed by atoms with Crippen LogP contribution >= 0.6 is 12.2 Å². The third-order valence-corrected chi connectivity index (χ3v) is 4.32. The highest BCUT2D eigenvalue weighted by atomic mass is 32.1. The van der Waals surface area contributed by atoms with Crippen LogP contribution in [0.1, 0.15) is 12.5 Å². The van der Waals surface area contributed by atoms with Gasteiger partial charge in [-0.05, 0) is 54.2 Å². The minimum absolute atomic E-state index is 0.319. The maximum atomic E-state index is 11.2. The van der Waals surface area contributed by atoms with Crippen molar-refractivity contribution in [3.05, 3.63) is 46.7 Å². The first kappa shape index (κ1) is 21.1. The van der Waals surface area contributed by atoms with Crippen LogP contribution in [0.15, 0.2) is 41.5 Å². The molecule has 1 heterocycles. The summed E-state index contributed by atoms with van der Waals surface area (Å²) < 4.78 is 22.8. The molecule has 9 nitrogen and oxygen atoms in total. The van der Waals surface area contributed by atoms with Gasteiger partial charge in [0.15, 0.2) is 28.8 Å². The molecule has 3 aromatic rings. The molecule has 1 aromatic heterocycles. The Morgan fingerprint density at radius 3 is 2.37 bits per heavy atom. The van der Waals surface area contributed by atoms with Gasteiger partial charge < -0.3 is 18.9 Å². The fourth-order valence-electron chi connectivity index (χ4n) is 2.69. The summed E-state index contributed by atoms with van der Waals surface area (Å²) in [5.41, 5.74) is 1.45. The number of nitrogens with zero attached hydrogens (tertiary/aromatic N) is 3. The van der Waals surface area contributed by atoms with E-state index in [4.69, 9.17) is 31.2 Å². The van der Waals surface area contributed by atoms with Gasteiger partial charge in [-0.3, -0.25) is 4.79 Å². The average molecular weight is 428 g/mol. The zero-order chi connectivity index (χ0) is 21.7. The number of nitrogens with one attached hydrogen (secondary N) is 1. The molecule has 0 bridgehead atoms. The van der Waals surface area contributed by atoms with Crippen molar-refractivity contribution in [3.8, 4) is 34.4 Å². The van der Waals surface area contributed by atoms with E-state index in [9.17, 15) is 4.79 Å². The molecule has 1 N–H and O–H groups in total. The third-order valence-electron chi connectivity index (χ3n) is 4.06. The minimum Gasteiger partial charge on any atom is -0.493 e. The molecule has 0 fully saturated rings. The van der Waals surface area contributed by atoms with Crippen LogP contribution in [0.25, 0.3) is 11.4 Å². The number of methoxy groups -OCH3 is 3. The second-order valence-corrected chi connectivity index (χ2v) is 6.37. The molecule has 0 amide bonds. The van der Waals surface area contributed by atoms with E-state index in [1.807, 2.05) is 6.07 Å². The van der Waals surface area contributed by atoms with E-state index in [2.05, 4.69) is 15.3 Å². The van der Waals surface area contributed by atoms with Crippen LogP contribution in [-0.2, 0) is 4.79 Å². The van der Waals surface area contributed by atoms with Crippen LogP contribution in [0, 0.1) is 4.77 Å². The molecule has 0 aliphatic rings. The van der Waals surface area contributed by atoms with Crippen LogP contribution in [0.3, 0.4) is 0 Å². The first-order valence-corrected chi connectivity index (χ1v) is 9.18. The fourth-order valence-corrected chi connectivity index (χ4v) is 2.87. The first-order valence-electron chi connectivity index (χ1n) is 8.77. The number of ether oxygens (including phenoxy) is 4. The molecular weight excluding hydrogens is 408 g/mol. The fraction of sp³-hybridized carbons (Fsp3) is 0.200. The largest absolute Gasteiger partial charge is 0.493 e. The molecule has 10 heteroatoms. The molecule has 0 aliphatic heterocycles. The second kappa shape index (κ2) is 9.23. The van der Waals surface area contributed by atoms with Crippen LogP contribution < -0.4 is 18.9 Å². The van der Waals surface area contributed by atoms with Gasteiger partial charge in [0, 0.05) is 12.5 Å². The van der Waals surface area contributed by atoms with E-state index in [0.29, 0.717) is 39.2 Å². The number of esters is 1. The molecule has 0 saturated carbocycles. The Labute approximate surface area is 177 Å². The summed E-state index contributed by atoms with van der Waals surface area (Å²) in [6.07, 6.45) is 1.59. The van der Waals surface area contributed by atoms with Crippen molar-refractivity contribution in [1.29, 1.82) is 0 Å². The van der Waals surface area contributed by atoms with Crippen LogP contribution in [-0.4, -0.2) is 48.4 Å². The number of rotatable bonds is 7. The summed E-state index contributed by atoms with van der Waals surface area (Å²) in [5.74, 6) is 1.97. The molecule has 156 valence electrons. The highest BCUT2D eigenvalue weighted by molar-refractivity contribution is 7.71. The summed E-state index contributed by atoms with van der Waals surface area (Å²) in [6, 6.07) is 10.5. The van der Waals surface area contributed by atoms with Gasteiger partial charge >= 0.3 is 5.97 Å². The van der Waals surface area contributed by atoms with Gasteiger partial charge in [0.05, 0.1) is 27.5 Å².